The van der Waals surface area contributed by atoms with E-state index in [0.717, 1.165) is 0 Å². The van der Waals surface area contributed by atoms with Crippen molar-refractivity contribution >= 4 is 34.3 Å². The van der Waals surface area contributed by atoms with Gasteiger partial charge in [-0.2, -0.15) is 5.26 Å². The number of carbonyl (C=O) groups is 1. The number of para-hydroxylation sites is 1. The number of benzene rings is 2. The molecule has 0 aliphatic heterocycles. The number of aromatic nitrogens is 1. The van der Waals surface area contributed by atoms with Crippen LogP contribution in [0.3, 0.4) is 0 Å². The minimum atomic E-state index is -0.498. The number of esters is 1. The summed E-state index contributed by atoms with van der Waals surface area (Å²) < 4.78 is 4.75. The molecule has 0 radical (unpaired) electrons. The van der Waals surface area contributed by atoms with Crippen molar-refractivity contribution in [3.63, 3.8) is 0 Å². The highest BCUT2D eigenvalue weighted by molar-refractivity contribution is 7.11. The van der Waals surface area contributed by atoms with Crippen molar-refractivity contribution in [2.45, 2.75) is 0 Å². The molecule has 3 rings (SSSR count). The molecular weight excluding hydrogens is 392 g/mol. The van der Waals surface area contributed by atoms with E-state index in [-0.39, 0.29) is 11.3 Å². The van der Waals surface area contributed by atoms with E-state index in [9.17, 15) is 20.2 Å². The molecule has 1 heterocycles. The molecule has 9 heteroatoms. The fourth-order valence-corrected chi connectivity index (χ4v) is 3.29. The van der Waals surface area contributed by atoms with E-state index < -0.39 is 10.9 Å². The summed E-state index contributed by atoms with van der Waals surface area (Å²) in [6.07, 6.45) is 1.46. The lowest BCUT2D eigenvalue weighted by Crippen LogP contribution is -2.05. The van der Waals surface area contributed by atoms with Gasteiger partial charge in [-0.3, -0.25) is 10.1 Å². The van der Waals surface area contributed by atoms with Gasteiger partial charge in [0.05, 0.1) is 29.0 Å². The predicted octanol–water partition coefficient (Wildman–Crippen LogP) is 4.48. The third-order valence-electron chi connectivity index (χ3n) is 3.91. The Morgan fingerprint density at radius 2 is 2.10 bits per heavy atom. The lowest BCUT2D eigenvalue weighted by Gasteiger charge is -2.07. The summed E-state index contributed by atoms with van der Waals surface area (Å²) in [7, 11) is 1.29. The number of nitrogens with zero attached hydrogens (tertiary/aromatic N) is 3. The number of carbonyl (C=O) groups excluding carboxylic acids is 1. The largest absolute Gasteiger partial charge is 0.465 e. The van der Waals surface area contributed by atoms with Gasteiger partial charge in [-0.1, -0.05) is 24.3 Å². The molecule has 29 heavy (non-hydrogen) atoms. The summed E-state index contributed by atoms with van der Waals surface area (Å²) in [6, 6.07) is 15.0. The summed E-state index contributed by atoms with van der Waals surface area (Å²) in [4.78, 5) is 26.7. The first-order valence-electron chi connectivity index (χ1n) is 8.28. The van der Waals surface area contributed by atoms with Crippen LogP contribution in [0.1, 0.15) is 15.4 Å². The minimum Gasteiger partial charge on any atom is -0.465 e. The molecule has 0 aliphatic carbocycles. The topological polar surface area (TPSA) is 118 Å². The fraction of sp³-hybridized carbons (Fsp3) is 0.0500. The first kappa shape index (κ1) is 19.7. The van der Waals surface area contributed by atoms with Crippen molar-refractivity contribution in [2.75, 3.05) is 12.4 Å². The van der Waals surface area contributed by atoms with Crippen LogP contribution in [0.5, 0.6) is 0 Å². The minimum absolute atomic E-state index is 0.0332. The molecule has 0 spiro atoms. The quantitative estimate of drug-likeness (QED) is 0.277. The summed E-state index contributed by atoms with van der Waals surface area (Å²) in [5.74, 6) is -0.498. The molecule has 1 aromatic heterocycles. The molecule has 0 amide bonds. The van der Waals surface area contributed by atoms with Gasteiger partial charge < -0.3 is 10.1 Å². The van der Waals surface area contributed by atoms with Gasteiger partial charge in [0.15, 0.2) is 0 Å². The molecule has 0 unspecified atom stereocenters. The Hall–Kier alpha value is -4.03. The van der Waals surface area contributed by atoms with Gasteiger partial charge in [0.1, 0.15) is 16.6 Å². The van der Waals surface area contributed by atoms with Gasteiger partial charge in [0.2, 0.25) is 0 Å². The molecule has 1 N–H and O–H groups in total. The number of nitro groups is 1. The lowest BCUT2D eigenvalue weighted by molar-refractivity contribution is -0.384. The zero-order chi connectivity index (χ0) is 20.8. The fourth-order valence-electron chi connectivity index (χ4n) is 2.50. The SMILES string of the molecule is COC(=O)c1ccccc1N/C=C(/C#N)c1nc(-c2cccc([N+](=O)[O-])c2)cs1. The van der Waals surface area contributed by atoms with E-state index >= 15 is 0 Å². The molecule has 0 atom stereocenters. The first-order valence-corrected chi connectivity index (χ1v) is 9.16. The highest BCUT2D eigenvalue weighted by Crippen LogP contribution is 2.28. The van der Waals surface area contributed by atoms with Gasteiger partial charge in [-0.15, -0.1) is 11.3 Å². The molecule has 0 saturated carbocycles. The number of anilines is 1. The number of hydrogen-bond acceptors (Lipinski definition) is 8. The van der Waals surface area contributed by atoms with Crippen molar-refractivity contribution in [1.29, 1.82) is 5.26 Å². The summed E-state index contributed by atoms with van der Waals surface area (Å²) >= 11 is 1.24. The van der Waals surface area contributed by atoms with Crippen molar-refractivity contribution < 1.29 is 14.5 Å². The van der Waals surface area contributed by atoms with Crippen LogP contribution in [-0.2, 0) is 4.74 Å². The van der Waals surface area contributed by atoms with Crippen molar-refractivity contribution in [2.24, 2.45) is 0 Å². The van der Waals surface area contributed by atoms with Crippen molar-refractivity contribution in [3.05, 3.63) is 80.8 Å². The lowest BCUT2D eigenvalue weighted by atomic mass is 10.1. The van der Waals surface area contributed by atoms with Crippen LogP contribution < -0.4 is 5.32 Å². The van der Waals surface area contributed by atoms with E-state index in [1.165, 1.54) is 36.8 Å². The highest BCUT2D eigenvalue weighted by Gasteiger charge is 2.13. The van der Waals surface area contributed by atoms with Gasteiger partial charge >= 0.3 is 5.97 Å². The van der Waals surface area contributed by atoms with Crippen LogP contribution in [0, 0.1) is 21.4 Å². The first-order chi connectivity index (χ1) is 14.0. The number of allylic oxidation sites excluding steroid dienone is 1. The number of nitriles is 1. The number of nitro benzene ring substituents is 1. The van der Waals surface area contributed by atoms with Crippen molar-refractivity contribution in [1.82, 2.24) is 4.98 Å². The Bertz CT molecular complexity index is 1150. The maximum Gasteiger partial charge on any atom is 0.339 e. The van der Waals surface area contributed by atoms with Gasteiger partial charge in [-0.05, 0) is 12.1 Å². The molecule has 0 saturated heterocycles. The second kappa shape index (κ2) is 8.77. The molecule has 0 bridgehead atoms. The predicted molar refractivity (Wildman–Crippen MR) is 109 cm³/mol. The standard InChI is InChI=1S/C20H14N4O4S/c1-28-20(25)16-7-2-3-8-17(16)22-11-14(10-21)19-23-18(12-29-19)13-5-4-6-15(9-13)24(26)27/h2-9,11-12,22H,1H3/b14-11-. The number of hydrogen-bond donors (Lipinski definition) is 1. The average Bonchev–Trinajstić information content (AvgIpc) is 3.24. The smallest absolute Gasteiger partial charge is 0.339 e. The third kappa shape index (κ3) is 4.45. The van der Waals surface area contributed by atoms with Crippen LogP contribution >= 0.6 is 11.3 Å². The molecule has 8 nitrogen and oxygen atoms in total. The maximum atomic E-state index is 11.8. The van der Waals surface area contributed by atoms with E-state index in [0.29, 0.717) is 27.5 Å². The Balaban J connectivity index is 1.87. The zero-order valence-electron chi connectivity index (χ0n) is 15.2. The van der Waals surface area contributed by atoms with Crippen LogP contribution in [0.2, 0.25) is 0 Å². The number of nitrogens with one attached hydrogen (secondary N) is 1. The van der Waals surface area contributed by atoms with Crippen LogP contribution in [-0.4, -0.2) is 23.0 Å². The van der Waals surface area contributed by atoms with Crippen LogP contribution in [0.25, 0.3) is 16.8 Å². The maximum absolute atomic E-state index is 11.8. The van der Waals surface area contributed by atoms with E-state index in [4.69, 9.17) is 4.74 Å². The van der Waals surface area contributed by atoms with Crippen LogP contribution in [0.4, 0.5) is 11.4 Å². The molecule has 0 fully saturated rings. The summed E-state index contributed by atoms with van der Waals surface area (Å²) in [5, 5.41) is 25.6. The highest BCUT2D eigenvalue weighted by atomic mass is 32.1. The van der Waals surface area contributed by atoms with E-state index in [1.54, 1.807) is 41.8 Å². The van der Waals surface area contributed by atoms with Gasteiger partial charge in [-0.25, -0.2) is 9.78 Å². The van der Waals surface area contributed by atoms with E-state index in [1.807, 2.05) is 0 Å². The number of thiazole rings is 1. The average molecular weight is 406 g/mol. The van der Waals surface area contributed by atoms with Gasteiger partial charge in [0.25, 0.3) is 5.69 Å². The summed E-state index contributed by atoms with van der Waals surface area (Å²) in [6.45, 7) is 0. The zero-order valence-corrected chi connectivity index (χ0v) is 16.0. The number of rotatable bonds is 6. The Morgan fingerprint density at radius 3 is 2.83 bits per heavy atom. The molecular formula is C20H14N4O4S. The number of ether oxygens (including phenoxy) is 1. The molecule has 2 aromatic carbocycles. The third-order valence-corrected chi connectivity index (χ3v) is 4.79. The van der Waals surface area contributed by atoms with Gasteiger partial charge in [0, 0.05) is 29.3 Å². The summed E-state index contributed by atoms with van der Waals surface area (Å²) in [5.41, 5.74) is 2.16. The Kier molecular flexibility index (Phi) is 5.97. The number of non-ortho nitro benzene ring substituents is 1. The second-order valence-electron chi connectivity index (χ2n) is 5.70. The molecule has 3 aromatic rings. The number of methoxy groups -OCH3 is 1. The monoisotopic (exact) mass is 406 g/mol. The second-order valence-corrected chi connectivity index (χ2v) is 6.55. The van der Waals surface area contributed by atoms with Crippen LogP contribution in [0.15, 0.2) is 60.1 Å². The Labute approximate surface area is 169 Å². The van der Waals surface area contributed by atoms with E-state index in [2.05, 4.69) is 16.4 Å². The Morgan fingerprint density at radius 1 is 1.31 bits per heavy atom. The molecule has 144 valence electrons. The molecule has 0 aliphatic rings. The normalized spacial score (nSPS) is 10.8. The van der Waals surface area contributed by atoms with Crippen molar-refractivity contribution in [3.8, 4) is 17.3 Å².